The number of para-hydroxylation sites is 1. The summed E-state index contributed by atoms with van der Waals surface area (Å²) in [7, 11) is 1.64. The Hall–Kier alpha value is -3.12. The number of hydrogen-bond donors (Lipinski definition) is 1. The second kappa shape index (κ2) is 7.86. The Bertz CT molecular complexity index is 1130. The Morgan fingerprint density at radius 3 is 2.64 bits per heavy atom. The van der Waals surface area contributed by atoms with Gasteiger partial charge >= 0.3 is 0 Å². The van der Waals surface area contributed by atoms with Crippen molar-refractivity contribution < 1.29 is 13.9 Å². The number of methoxy groups -OCH3 is 1. The highest BCUT2D eigenvalue weighted by atomic mass is 32.1. The summed E-state index contributed by atoms with van der Waals surface area (Å²) in [4.78, 5) is 12.9. The minimum Gasteiger partial charge on any atom is -0.496 e. The van der Waals surface area contributed by atoms with Crippen molar-refractivity contribution in [3.63, 3.8) is 0 Å². The van der Waals surface area contributed by atoms with E-state index in [4.69, 9.17) is 4.74 Å². The molecule has 0 spiro atoms. The molecule has 2 aromatic heterocycles. The third-order valence-corrected chi connectivity index (χ3v) is 5.53. The van der Waals surface area contributed by atoms with Gasteiger partial charge in [0.25, 0.3) is 5.91 Å². The zero-order chi connectivity index (χ0) is 19.5. The van der Waals surface area contributed by atoms with Gasteiger partial charge in [-0.15, -0.1) is 11.3 Å². The third-order valence-electron chi connectivity index (χ3n) is 4.67. The predicted molar refractivity (Wildman–Crippen MR) is 109 cm³/mol. The number of nitrogens with zero attached hydrogens (tertiary/aromatic N) is 1. The van der Waals surface area contributed by atoms with E-state index < -0.39 is 0 Å². The van der Waals surface area contributed by atoms with Gasteiger partial charge in [-0.25, -0.2) is 4.39 Å². The number of halogens is 1. The van der Waals surface area contributed by atoms with Gasteiger partial charge in [0, 0.05) is 17.7 Å². The summed E-state index contributed by atoms with van der Waals surface area (Å²) in [5.41, 5.74) is 2.98. The van der Waals surface area contributed by atoms with Crippen molar-refractivity contribution >= 4 is 27.5 Å². The largest absolute Gasteiger partial charge is 0.496 e. The van der Waals surface area contributed by atoms with Crippen LogP contribution in [0.3, 0.4) is 0 Å². The molecule has 0 aliphatic heterocycles. The number of fused-ring (bicyclic) bond motifs is 1. The van der Waals surface area contributed by atoms with Crippen LogP contribution in [-0.4, -0.2) is 17.6 Å². The van der Waals surface area contributed by atoms with E-state index in [0.29, 0.717) is 17.8 Å². The van der Waals surface area contributed by atoms with Gasteiger partial charge in [0.1, 0.15) is 17.3 Å². The molecule has 28 heavy (non-hydrogen) atoms. The Balaban J connectivity index is 1.64. The van der Waals surface area contributed by atoms with Gasteiger partial charge in [-0.05, 0) is 29.6 Å². The molecule has 1 amide bonds. The second-order valence-corrected chi connectivity index (χ2v) is 7.32. The molecule has 0 fully saturated rings. The van der Waals surface area contributed by atoms with Gasteiger partial charge in [0.05, 0.1) is 23.9 Å². The van der Waals surface area contributed by atoms with E-state index >= 15 is 0 Å². The molecule has 0 aliphatic rings. The normalized spacial score (nSPS) is 10.9. The molecule has 1 N–H and O–H groups in total. The highest BCUT2D eigenvalue weighted by Crippen LogP contribution is 2.28. The van der Waals surface area contributed by atoms with Crippen LogP contribution < -0.4 is 10.1 Å². The van der Waals surface area contributed by atoms with Gasteiger partial charge in [-0.3, -0.25) is 4.79 Å². The SMILES string of the molecule is COc1ccccc1Cn1c(C(=O)NCc2ccccc2F)cc2sccc21. The van der Waals surface area contributed by atoms with Gasteiger partial charge in [-0.1, -0.05) is 36.4 Å². The number of thiophene rings is 1. The van der Waals surface area contributed by atoms with Gasteiger partial charge in [0.2, 0.25) is 0 Å². The molecular formula is C22H19FN2O2S. The lowest BCUT2D eigenvalue weighted by Gasteiger charge is -2.13. The van der Waals surface area contributed by atoms with E-state index in [9.17, 15) is 9.18 Å². The number of nitrogens with one attached hydrogen (secondary N) is 1. The van der Waals surface area contributed by atoms with Crippen molar-refractivity contribution in [2.45, 2.75) is 13.1 Å². The molecule has 2 heterocycles. The van der Waals surface area contributed by atoms with E-state index in [2.05, 4.69) is 5.32 Å². The fourth-order valence-electron chi connectivity index (χ4n) is 3.25. The number of aromatic nitrogens is 1. The van der Waals surface area contributed by atoms with E-state index in [1.165, 1.54) is 6.07 Å². The van der Waals surface area contributed by atoms with Crippen molar-refractivity contribution in [1.82, 2.24) is 9.88 Å². The Kier molecular flexibility index (Phi) is 5.12. The molecule has 0 atom stereocenters. The summed E-state index contributed by atoms with van der Waals surface area (Å²) >= 11 is 1.59. The Labute approximate surface area is 166 Å². The highest BCUT2D eigenvalue weighted by Gasteiger charge is 2.18. The van der Waals surface area contributed by atoms with E-state index in [1.807, 2.05) is 46.3 Å². The standard InChI is InChI=1S/C22H19FN2O2S/c1-27-20-9-5-3-7-16(20)14-25-18-10-11-28-21(18)12-19(25)22(26)24-13-15-6-2-4-8-17(15)23/h2-12H,13-14H2,1H3,(H,24,26). The number of hydrogen-bond acceptors (Lipinski definition) is 3. The smallest absolute Gasteiger partial charge is 0.268 e. The maximum absolute atomic E-state index is 13.8. The van der Waals surface area contributed by atoms with Gasteiger partial charge in [-0.2, -0.15) is 0 Å². The van der Waals surface area contributed by atoms with Gasteiger partial charge in [0.15, 0.2) is 0 Å². The van der Waals surface area contributed by atoms with Crippen molar-refractivity contribution in [2.75, 3.05) is 7.11 Å². The Morgan fingerprint density at radius 2 is 1.86 bits per heavy atom. The fraction of sp³-hybridized carbons (Fsp3) is 0.136. The van der Waals surface area contributed by atoms with Crippen molar-refractivity contribution in [3.8, 4) is 5.75 Å². The molecule has 4 aromatic rings. The van der Waals surface area contributed by atoms with E-state index in [-0.39, 0.29) is 18.3 Å². The molecule has 142 valence electrons. The minimum absolute atomic E-state index is 0.138. The molecule has 4 rings (SSSR count). The average molecular weight is 394 g/mol. The monoisotopic (exact) mass is 394 g/mol. The lowest BCUT2D eigenvalue weighted by Crippen LogP contribution is -2.26. The maximum atomic E-state index is 13.8. The van der Waals surface area contributed by atoms with Crippen LogP contribution in [0.25, 0.3) is 10.2 Å². The number of benzene rings is 2. The number of carbonyl (C=O) groups excluding carboxylic acids is 1. The molecule has 0 radical (unpaired) electrons. The summed E-state index contributed by atoms with van der Waals surface area (Å²) in [5.74, 6) is 0.215. The zero-order valence-corrected chi connectivity index (χ0v) is 16.1. The van der Waals surface area contributed by atoms with Crippen LogP contribution in [0.15, 0.2) is 66.0 Å². The number of carbonyl (C=O) groups is 1. The Morgan fingerprint density at radius 1 is 1.11 bits per heavy atom. The third kappa shape index (κ3) is 3.51. The second-order valence-electron chi connectivity index (χ2n) is 6.37. The molecule has 0 saturated heterocycles. The van der Waals surface area contributed by atoms with Crippen LogP contribution in [0.2, 0.25) is 0 Å². The van der Waals surface area contributed by atoms with Gasteiger partial charge < -0.3 is 14.6 Å². The zero-order valence-electron chi connectivity index (χ0n) is 15.3. The molecule has 4 nitrogen and oxygen atoms in total. The van der Waals surface area contributed by atoms with Crippen LogP contribution in [-0.2, 0) is 13.1 Å². The summed E-state index contributed by atoms with van der Waals surface area (Å²) < 4.78 is 22.3. The quantitative estimate of drug-likeness (QED) is 0.509. The molecule has 6 heteroatoms. The maximum Gasteiger partial charge on any atom is 0.268 e. The number of rotatable bonds is 6. The topological polar surface area (TPSA) is 43.3 Å². The molecule has 0 aliphatic carbocycles. The van der Waals surface area contributed by atoms with Crippen molar-refractivity contribution in [1.29, 1.82) is 0 Å². The fourth-order valence-corrected chi connectivity index (χ4v) is 4.07. The molecule has 0 unspecified atom stereocenters. The first kappa shape index (κ1) is 18.3. The van der Waals surface area contributed by atoms with E-state index in [0.717, 1.165) is 21.5 Å². The van der Waals surface area contributed by atoms with Crippen molar-refractivity contribution in [2.24, 2.45) is 0 Å². The first-order valence-electron chi connectivity index (χ1n) is 8.87. The van der Waals surface area contributed by atoms with Crippen molar-refractivity contribution in [3.05, 3.63) is 88.7 Å². The summed E-state index contributed by atoms with van der Waals surface area (Å²) in [6, 6.07) is 18.1. The summed E-state index contributed by atoms with van der Waals surface area (Å²) in [6.45, 7) is 0.645. The van der Waals surface area contributed by atoms with Crippen LogP contribution in [0, 0.1) is 5.82 Å². The van der Waals surface area contributed by atoms with Crippen LogP contribution >= 0.6 is 11.3 Å². The average Bonchev–Trinajstić information content (AvgIpc) is 3.30. The van der Waals surface area contributed by atoms with Crippen LogP contribution in [0.4, 0.5) is 4.39 Å². The van der Waals surface area contributed by atoms with Crippen LogP contribution in [0.5, 0.6) is 5.75 Å². The molecule has 0 saturated carbocycles. The first-order valence-corrected chi connectivity index (χ1v) is 9.75. The predicted octanol–water partition coefficient (Wildman–Crippen LogP) is 4.83. The lowest BCUT2D eigenvalue weighted by molar-refractivity contribution is 0.0942. The summed E-state index contributed by atoms with van der Waals surface area (Å²) in [6.07, 6.45) is 0. The number of amides is 1. The number of ether oxygens (including phenoxy) is 1. The molecule has 0 bridgehead atoms. The molecular weight excluding hydrogens is 375 g/mol. The molecule has 2 aromatic carbocycles. The van der Waals surface area contributed by atoms with Crippen LogP contribution in [0.1, 0.15) is 21.6 Å². The first-order chi connectivity index (χ1) is 13.7. The lowest BCUT2D eigenvalue weighted by atomic mass is 10.2. The van der Waals surface area contributed by atoms with E-state index in [1.54, 1.807) is 36.6 Å². The summed E-state index contributed by atoms with van der Waals surface area (Å²) in [5, 5.41) is 4.84. The minimum atomic E-state index is -0.326. The highest BCUT2D eigenvalue weighted by molar-refractivity contribution is 7.17.